The lowest BCUT2D eigenvalue weighted by atomic mass is 10.1. The molecule has 3 nitrogen and oxygen atoms in total. The number of hydrogen-bond acceptors (Lipinski definition) is 2. The van der Waals surface area contributed by atoms with Crippen LogP contribution in [0.1, 0.15) is 26.6 Å². The summed E-state index contributed by atoms with van der Waals surface area (Å²) in [5, 5.41) is 3.99. The number of allylic oxidation sites excluding steroid dienone is 1. The predicted octanol–water partition coefficient (Wildman–Crippen LogP) is 2.44. The van der Waals surface area contributed by atoms with Gasteiger partial charge in [0.15, 0.2) is 5.82 Å². The van der Waals surface area contributed by atoms with E-state index in [1.54, 1.807) is 10.9 Å². The van der Waals surface area contributed by atoms with Crippen LogP contribution in [0, 0.1) is 5.92 Å². The third-order valence-corrected chi connectivity index (χ3v) is 2.04. The van der Waals surface area contributed by atoms with E-state index in [-0.39, 0.29) is 0 Å². The fourth-order valence-electron chi connectivity index (χ4n) is 0.873. The van der Waals surface area contributed by atoms with Crippen molar-refractivity contribution in [2.45, 2.75) is 20.8 Å². The average molecular weight is 177 g/mol. The summed E-state index contributed by atoms with van der Waals surface area (Å²) in [4.78, 5) is 4.11. The van der Waals surface area contributed by atoms with Crippen molar-refractivity contribution in [3.63, 3.8) is 0 Å². The van der Waals surface area contributed by atoms with Crippen LogP contribution in [0.2, 0.25) is 0 Å². The first-order valence-corrected chi connectivity index (χ1v) is 4.35. The smallest absolute Gasteiger partial charge is 0.155 e. The maximum atomic E-state index is 4.11. The summed E-state index contributed by atoms with van der Waals surface area (Å²) in [5.74, 6) is 1.37. The van der Waals surface area contributed by atoms with Gasteiger partial charge in [-0.25, -0.2) is 9.67 Å². The maximum absolute atomic E-state index is 4.11. The molecule has 70 valence electrons. The predicted molar refractivity (Wildman–Crippen MR) is 54.9 cm³/mol. The standard InChI is InChI=1S/C10H15N3/c1-5-13-10(11-7-12-13)6-9(4)8(2)3/h5-8H,1H2,2-4H3/b9-6+. The number of aromatic nitrogens is 3. The lowest BCUT2D eigenvalue weighted by Gasteiger charge is -2.03. The Morgan fingerprint density at radius 2 is 2.31 bits per heavy atom. The minimum absolute atomic E-state index is 0.537. The molecule has 1 heterocycles. The van der Waals surface area contributed by atoms with E-state index in [9.17, 15) is 0 Å². The van der Waals surface area contributed by atoms with Gasteiger partial charge in [-0.1, -0.05) is 26.0 Å². The van der Waals surface area contributed by atoms with Crippen LogP contribution < -0.4 is 0 Å². The SMILES string of the molecule is C=Cn1ncnc1/C=C(\C)C(C)C. The zero-order chi connectivity index (χ0) is 9.84. The van der Waals surface area contributed by atoms with Crippen molar-refractivity contribution >= 4 is 12.3 Å². The second-order valence-electron chi connectivity index (χ2n) is 3.29. The van der Waals surface area contributed by atoms with Crippen LogP contribution in [0.25, 0.3) is 12.3 Å². The highest BCUT2D eigenvalue weighted by atomic mass is 15.3. The largest absolute Gasteiger partial charge is 0.222 e. The second-order valence-corrected chi connectivity index (χ2v) is 3.29. The molecular weight excluding hydrogens is 162 g/mol. The van der Waals surface area contributed by atoms with Crippen molar-refractivity contribution in [3.05, 3.63) is 24.3 Å². The van der Waals surface area contributed by atoms with Crippen LogP contribution in [-0.2, 0) is 0 Å². The topological polar surface area (TPSA) is 30.7 Å². The first-order chi connectivity index (χ1) is 6.15. The van der Waals surface area contributed by atoms with E-state index >= 15 is 0 Å². The molecule has 0 aromatic carbocycles. The van der Waals surface area contributed by atoms with Gasteiger partial charge >= 0.3 is 0 Å². The molecule has 0 unspecified atom stereocenters. The molecule has 0 N–H and O–H groups in total. The molecule has 1 rings (SSSR count). The van der Waals surface area contributed by atoms with Crippen LogP contribution in [0.3, 0.4) is 0 Å². The molecule has 0 fully saturated rings. The monoisotopic (exact) mass is 177 g/mol. The van der Waals surface area contributed by atoms with Gasteiger partial charge in [0.1, 0.15) is 6.33 Å². The highest BCUT2D eigenvalue weighted by molar-refractivity contribution is 5.47. The molecule has 0 atom stereocenters. The highest BCUT2D eigenvalue weighted by Crippen LogP contribution is 2.11. The van der Waals surface area contributed by atoms with Crippen molar-refractivity contribution in [1.82, 2.24) is 14.8 Å². The van der Waals surface area contributed by atoms with E-state index in [1.165, 1.54) is 11.9 Å². The van der Waals surface area contributed by atoms with Gasteiger partial charge in [-0.3, -0.25) is 0 Å². The first kappa shape index (κ1) is 9.71. The lowest BCUT2D eigenvalue weighted by molar-refractivity contribution is 0.773. The van der Waals surface area contributed by atoms with Crippen LogP contribution >= 0.6 is 0 Å². The van der Waals surface area contributed by atoms with Gasteiger partial charge in [0.25, 0.3) is 0 Å². The Morgan fingerprint density at radius 3 is 2.85 bits per heavy atom. The molecule has 0 aliphatic rings. The van der Waals surface area contributed by atoms with Crippen LogP contribution in [0.4, 0.5) is 0 Å². The van der Waals surface area contributed by atoms with E-state index < -0.39 is 0 Å². The van der Waals surface area contributed by atoms with E-state index in [4.69, 9.17) is 0 Å². The van der Waals surface area contributed by atoms with Gasteiger partial charge in [0.2, 0.25) is 0 Å². The minimum Gasteiger partial charge on any atom is -0.222 e. The van der Waals surface area contributed by atoms with Crippen LogP contribution in [0.15, 0.2) is 18.5 Å². The second kappa shape index (κ2) is 4.03. The van der Waals surface area contributed by atoms with Gasteiger partial charge in [-0.15, -0.1) is 0 Å². The molecule has 0 amide bonds. The summed E-state index contributed by atoms with van der Waals surface area (Å²) >= 11 is 0. The van der Waals surface area contributed by atoms with E-state index in [1.807, 2.05) is 6.08 Å². The molecule has 0 saturated heterocycles. The zero-order valence-electron chi connectivity index (χ0n) is 8.36. The fourth-order valence-corrected chi connectivity index (χ4v) is 0.873. The Labute approximate surface area is 78.8 Å². The quantitative estimate of drug-likeness (QED) is 0.710. The fraction of sp³-hybridized carbons (Fsp3) is 0.400. The summed E-state index contributed by atoms with van der Waals surface area (Å²) in [7, 11) is 0. The van der Waals surface area contributed by atoms with Gasteiger partial charge in [0.05, 0.1) is 0 Å². The zero-order valence-corrected chi connectivity index (χ0v) is 8.36. The van der Waals surface area contributed by atoms with Gasteiger partial charge < -0.3 is 0 Å². The van der Waals surface area contributed by atoms with Crippen molar-refractivity contribution in [3.8, 4) is 0 Å². The number of hydrogen-bond donors (Lipinski definition) is 0. The van der Waals surface area contributed by atoms with E-state index in [0.717, 1.165) is 5.82 Å². The Hall–Kier alpha value is -1.38. The Bertz CT molecular complexity index is 321. The normalized spacial score (nSPS) is 12.2. The third-order valence-electron chi connectivity index (χ3n) is 2.04. The Kier molecular flexibility index (Phi) is 3.01. The Morgan fingerprint density at radius 1 is 1.62 bits per heavy atom. The summed E-state index contributed by atoms with van der Waals surface area (Å²) < 4.78 is 1.66. The molecule has 3 heteroatoms. The molecule has 0 aliphatic heterocycles. The van der Waals surface area contributed by atoms with Crippen molar-refractivity contribution in [2.24, 2.45) is 5.92 Å². The van der Waals surface area contributed by atoms with Gasteiger partial charge in [0, 0.05) is 6.20 Å². The molecule has 0 saturated carbocycles. The summed E-state index contributed by atoms with van der Waals surface area (Å²) in [5.41, 5.74) is 1.29. The van der Waals surface area contributed by atoms with E-state index in [0.29, 0.717) is 5.92 Å². The lowest BCUT2D eigenvalue weighted by Crippen LogP contribution is -1.94. The maximum Gasteiger partial charge on any atom is 0.155 e. The average Bonchev–Trinajstić information content (AvgIpc) is 2.51. The highest BCUT2D eigenvalue weighted by Gasteiger charge is 2.00. The summed E-state index contributed by atoms with van der Waals surface area (Å²) in [6, 6.07) is 0. The molecule has 1 aromatic rings. The minimum atomic E-state index is 0.537. The third kappa shape index (κ3) is 2.28. The number of rotatable bonds is 3. The first-order valence-electron chi connectivity index (χ1n) is 4.35. The van der Waals surface area contributed by atoms with Crippen LogP contribution in [-0.4, -0.2) is 14.8 Å². The van der Waals surface area contributed by atoms with Crippen molar-refractivity contribution in [2.75, 3.05) is 0 Å². The molecular formula is C10H15N3. The van der Waals surface area contributed by atoms with E-state index in [2.05, 4.69) is 37.4 Å². The number of nitrogens with zero attached hydrogens (tertiary/aromatic N) is 3. The van der Waals surface area contributed by atoms with Gasteiger partial charge in [-0.2, -0.15) is 5.10 Å². The molecule has 0 bridgehead atoms. The molecule has 1 aromatic heterocycles. The van der Waals surface area contributed by atoms with Crippen LogP contribution in [0.5, 0.6) is 0 Å². The summed E-state index contributed by atoms with van der Waals surface area (Å²) in [6.07, 6.45) is 5.20. The van der Waals surface area contributed by atoms with Gasteiger partial charge in [-0.05, 0) is 18.9 Å². The molecule has 0 radical (unpaired) electrons. The summed E-state index contributed by atoms with van der Waals surface area (Å²) in [6.45, 7) is 10.0. The molecule has 0 aliphatic carbocycles. The Balaban J connectivity index is 2.96. The van der Waals surface area contributed by atoms with Crippen molar-refractivity contribution in [1.29, 1.82) is 0 Å². The van der Waals surface area contributed by atoms with Crippen molar-refractivity contribution < 1.29 is 0 Å². The molecule has 0 spiro atoms. The molecule has 13 heavy (non-hydrogen) atoms.